The molecule has 1 aromatic heterocycles. The third-order valence-electron chi connectivity index (χ3n) is 12.1. The van der Waals surface area contributed by atoms with E-state index < -0.39 is 15.6 Å². The van der Waals surface area contributed by atoms with Gasteiger partial charge in [0.2, 0.25) is 0 Å². The molecule has 5 rings (SSSR count). The maximum Gasteiger partial charge on any atom is 0.260 e. The van der Waals surface area contributed by atoms with Crippen LogP contribution in [0.2, 0.25) is 0 Å². The SMILES string of the molecule is CCOC[C@@]1(O)CC[C@@]2(C)[C@H](CC[C@@H]3[C@@H]2CC[C@]2(C)[C@@H](C(C)N(C)S(=O)(=O)c4ccc(C#N)cn4)CC[C@@H]32)C1. The van der Waals surface area contributed by atoms with Crippen LogP contribution in [0, 0.1) is 51.8 Å². The first-order valence-electron chi connectivity index (χ1n) is 15.0. The zero-order valence-electron chi connectivity index (χ0n) is 24.4. The number of pyridine rings is 1. The van der Waals surface area contributed by atoms with Gasteiger partial charge in [-0.2, -0.15) is 9.57 Å². The van der Waals surface area contributed by atoms with Crippen LogP contribution in [0.4, 0.5) is 0 Å². The third kappa shape index (κ3) is 4.75. The Morgan fingerprint density at radius 3 is 2.54 bits per heavy atom. The molecule has 0 spiro atoms. The van der Waals surface area contributed by atoms with Crippen LogP contribution >= 0.6 is 0 Å². The molecule has 0 aromatic carbocycles. The molecular formula is C31H47N3O4S. The van der Waals surface area contributed by atoms with E-state index in [4.69, 9.17) is 10.00 Å². The normalized spacial score (nSPS) is 40.8. The van der Waals surface area contributed by atoms with Gasteiger partial charge in [0.15, 0.2) is 5.03 Å². The van der Waals surface area contributed by atoms with E-state index in [1.54, 1.807) is 7.05 Å². The summed E-state index contributed by atoms with van der Waals surface area (Å²) in [7, 11) is -2.06. The van der Waals surface area contributed by atoms with Gasteiger partial charge in [-0.15, -0.1) is 0 Å². The molecule has 0 radical (unpaired) electrons. The maximum absolute atomic E-state index is 13.5. The summed E-state index contributed by atoms with van der Waals surface area (Å²) < 4.78 is 34.2. The molecule has 4 aliphatic carbocycles. The number of nitriles is 1. The van der Waals surface area contributed by atoms with Crippen molar-refractivity contribution in [2.45, 2.75) is 102 Å². The van der Waals surface area contributed by atoms with Crippen LogP contribution in [0.15, 0.2) is 23.4 Å². The Balaban J connectivity index is 1.32. The fraction of sp³-hybridized carbons (Fsp3) is 0.806. The summed E-state index contributed by atoms with van der Waals surface area (Å²) in [6.07, 6.45) is 11.1. The number of nitrogens with zero attached hydrogens (tertiary/aromatic N) is 3. The molecule has 7 nitrogen and oxygen atoms in total. The molecule has 1 unspecified atom stereocenters. The van der Waals surface area contributed by atoms with Crippen LogP contribution in [-0.4, -0.2) is 54.7 Å². The van der Waals surface area contributed by atoms with Crippen molar-refractivity contribution in [2.75, 3.05) is 20.3 Å². The number of aliphatic hydroxyl groups is 1. The van der Waals surface area contributed by atoms with Crippen molar-refractivity contribution in [1.29, 1.82) is 5.26 Å². The van der Waals surface area contributed by atoms with E-state index in [2.05, 4.69) is 25.8 Å². The van der Waals surface area contributed by atoms with Gasteiger partial charge in [-0.3, -0.25) is 0 Å². The number of hydrogen-bond donors (Lipinski definition) is 1. The highest BCUT2D eigenvalue weighted by Crippen LogP contribution is 2.68. The Morgan fingerprint density at radius 2 is 1.87 bits per heavy atom. The van der Waals surface area contributed by atoms with Gasteiger partial charge in [0.1, 0.15) is 6.07 Å². The van der Waals surface area contributed by atoms with E-state index in [0.29, 0.717) is 48.4 Å². The molecule has 1 heterocycles. The highest BCUT2D eigenvalue weighted by Gasteiger charge is 2.62. The number of rotatable bonds is 7. The van der Waals surface area contributed by atoms with Gasteiger partial charge in [0, 0.05) is 25.9 Å². The predicted octanol–water partition coefficient (Wildman–Crippen LogP) is 5.39. The van der Waals surface area contributed by atoms with Crippen molar-refractivity contribution in [3.8, 4) is 6.07 Å². The highest BCUT2D eigenvalue weighted by molar-refractivity contribution is 7.89. The average Bonchev–Trinajstić information content (AvgIpc) is 3.29. The monoisotopic (exact) mass is 557 g/mol. The second-order valence-electron chi connectivity index (χ2n) is 13.7. The van der Waals surface area contributed by atoms with E-state index >= 15 is 0 Å². The predicted molar refractivity (Wildman–Crippen MR) is 150 cm³/mol. The van der Waals surface area contributed by atoms with Crippen LogP contribution in [-0.2, 0) is 14.8 Å². The first-order chi connectivity index (χ1) is 18.4. The average molecular weight is 558 g/mol. The molecule has 4 aliphatic rings. The lowest BCUT2D eigenvalue weighted by molar-refractivity contribution is -0.165. The molecule has 8 heteroatoms. The van der Waals surface area contributed by atoms with Gasteiger partial charge in [-0.1, -0.05) is 13.8 Å². The smallest absolute Gasteiger partial charge is 0.260 e. The minimum absolute atomic E-state index is 0.00657. The number of aromatic nitrogens is 1. The summed E-state index contributed by atoms with van der Waals surface area (Å²) in [4.78, 5) is 4.10. The van der Waals surface area contributed by atoms with Crippen LogP contribution in [0.3, 0.4) is 0 Å². The lowest BCUT2D eigenvalue weighted by atomic mass is 9.43. The Bertz CT molecular complexity index is 1200. The topological polar surface area (TPSA) is 104 Å². The Labute approximate surface area is 235 Å². The van der Waals surface area contributed by atoms with Crippen molar-refractivity contribution in [3.05, 3.63) is 23.9 Å². The number of hydrogen-bond acceptors (Lipinski definition) is 6. The van der Waals surface area contributed by atoms with Gasteiger partial charge in [0.25, 0.3) is 10.0 Å². The molecule has 4 fully saturated rings. The molecule has 0 bridgehead atoms. The third-order valence-corrected chi connectivity index (χ3v) is 14.0. The van der Waals surface area contributed by atoms with E-state index in [1.165, 1.54) is 48.3 Å². The van der Waals surface area contributed by atoms with Crippen molar-refractivity contribution in [2.24, 2.45) is 40.4 Å². The van der Waals surface area contributed by atoms with E-state index in [-0.39, 0.29) is 21.9 Å². The lowest BCUT2D eigenvalue weighted by Crippen LogP contribution is -2.57. The summed E-state index contributed by atoms with van der Waals surface area (Å²) >= 11 is 0. The Morgan fingerprint density at radius 1 is 1.13 bits per heavy atom. The molecule has 1 N–H and O–H groups in total. The molecule has 216 valence electrons. The second-order valence-corrected chi connectivity index (χ2v) is 15.7. The van der Waals surface area contributed by atoms with Crippen LogP contribution in [0.5, 0.6) is 0 Å². The second kappa shape index (κ2) is 10.4. The van der Waals surface area contributed by atoms with Gasteiger partial charge in [-0.05, 0) is 124 Å². The number of sulfonamides is 1. The summed E-state index contributed by atoms with van der Waals surface area (Å²) in [6, 6.07) is 4.84. The summed E-state index contributed by atoms with van der Waals surface area (Å²) in [5, 5.41) is 20.3. The lowest BCUT2D eigenvalue weighted by Gasteiger charge is -2.62. The van der Waals surface area contributed by atoms with Crippen LogP contribution < -0.4 is 0 Å². The minimum atomic E-state index is -3.75. The largest absolute Gasteiger partial charge is 0.387 e. The van der Waals surface area contributed by atoms with Crippen molar-refractivity contribution < 1.29 is 18.3 Å². The van der Waals surface area contributed by atoms with E-state index in [1.807, 2.05) is 13.0 Å². The Kier molecular flexibility index (Phi) is 7.72. The maximum atomic E-state index is 13.5. The van der Waals surface area contributed by atoms with Gasteiger partial charge < -0.3 is 9.84 Å². The standard InChI is InChI=1S/C31H47N3O4S/c1-6-38-20-31(35)16-15-29(3)23(17-31)8-9-24-26-11-10-25(30(26,4)14-13-27(24)29)21(2)34(5)39(36,37)28-12-7-22(18-32)19-33-28/h7,12,19,21,23-27,35H,6,8-11,13-17,20H2,1-5H3/t21?,23-,24+,25-,26+,27+,29+,30-,31-/m1/s1. The molecule has 4 saturated carbocycles. The zero-order valence-corrected chi connectivity index (χ0v) is 25.2. The number of ether oxygens (including phenoxy) is 1. The van der Waals surface area contributed by atoms with Gasteiger partial charge in [-0.25, -0.2) is 13.4 Å². The first kappa shape index (κ1) is 29.0. The molecular weight excluding hydrogens is 510 g/mol. The van der Waals surface area contributed by atoms with Crippen LogP contribution in [0.1, 0.15) is 91.0 Å². The van der Waals surface area contributed by atoms with Crippen molar-refractivity contribution in [1.82, 2.24) is 9.29 Å². The van der Waals surface area contributed by atoms with Crippen molar-refractivity contribution in [3.63, 3.8) is 0 Å². The van der Waals surface area contributed by atoms with Gasteiger partial charge >= 0.3 is 0 Å². The number of fused-ring (bicyclic) bond motifs is 5. The quantitative estimate of drug-likeness (QED) is 0.482. The van der Waals surface area contributed by atoms with E-state index in [0.717, 1.165) is 32.1 Å². The van der Waals surface area contributed by atoms with Gasteiger partial charge in [0.05, 0.1) is 17.8 Å². The molecule has 9 atom stereocenters. The Hall–Kier alpha value is -1.53. The minimum Gasteiger partial charge on any atom is -0.387 e. The van der Waals surface area contributed by atoms with Crippen LogP contribution in [0.25, 0.3) is 0 Å². The summed E-state index contributed by atoms with van der Waals surface area (Å²) in [5.74, 6) is 2.84. The summed E-state index contributed by atoms with van der Waals surface area (Å²) in [6.45, 7) is 10.1. The zero-order chi connectivity index (χ0) is 28.2. The molecule has 0 amide bonds. The molecule has 1 aromatic rings. The fourth-order valence-electron chi connectivity index (χ4n) is 9.80. The first-order valence-corrected chi connectivity index (χ1v) is 16.5. The molecule has 0 saturated heterocycles. The van der Waals surface area contributed by atoms with Crippen molar-refractivity contribution >= 4 is 10.0 Å². The van der Waals surface area contributed by atoms with E-state index in [9.17, 15) is 13.5 Å². The fourth-order valence-corrected chi connectivity index (χ4v) is 11.1. The highest BCUT2D eigenvalue weighted by atomic mass is 32.2. The summed E-state index contributed by atoms with van der Waals surface area (Å²) in [5.41, 5.74) is 0.0706. The molecule has 0 aliphatic heterocycles. The molecule has 39 heavy (non-hydrogen) atoms.